The largest absolute Gasteiger partial charge is 0.308 e. The van der Waals surface area contributed by atoms with Gasteiger partial charge in [0, 0.05) is 43.3 Å². The van der Waals surface area contributed by atoms with E-state index in [4.69, 9.17) is 9.97 Å². The van der Waals surface area contributed by atoms with Crippen molar-refractivity contribution in [3.63, 3.8) is 0 Å². The van der Waals surface area contributed by atoms with Crippen LogP contribution in [0.15, 0.2) is 146 Å². The van der Waals surface area contributed by atoms with Gasteiger partial charge in [-0.05, 0) is 47.2 Å². The topological polar surface area (TPSA) is 35.1 Å². The molecule has 0 N–H and O–H groups in total. The van der Waals surface area contributed by atoms with E-state index in [1.165, 1.54) is 59.6 Å². The summed E-state index contributed by atoms with van der Waals surface area (Å²) in [6.07, 6.45) is 0. The van der Waals surface area contributed by atoms with Gasteiger partial charge in [0.1, 0.15) is 0 Å². The number of benzene rings is 7. The zero-order chi connectivity index (χ0) is 29.9. The van der Waals surface area contributed by atoms with E-state index >= 15 is 0 Å². The van der Waals surface area contributed by atoms with Gasteiger partial charge in [0.15, 0.2) is 0 Å². The Morgan fingerprint density at radius 1 is 0.413 bits per heavy atom. The smallest absolute Gasteiger partial charge is 0.235 e. The molecule has 0 spiro atoms. The molecule has 4 heteroatoms. The summed E-state index contributed by atoms with van der Waals surface area (Å²) >= 11 is 0. The third-order valence-electron chi connectivity index (χ3n) is 9.81. The number of hydrogen-bond donors (Lipinski definition) is 0. The van der Waals surface area contributed by atoms with E-state index in [-0.39, 0.29) is 0 Å². The number of nitrogens with zero attached hydrogens (tertiary/aromatic N) is 4. The molecule has 46 heavy (non-hydrogen) atoms. The minimum atomic E-state index is 0.677. The number of aromatic nitrogens is 4. The molecule has 0 fully saturated rings. The molecule has 0 aliphatic rings. The maximum atomic E-state index is 5.34. The maximum absolute atomic E-state index is 5.34. The predicted octanol–water partition coefficient (Wildman–Crippen LogP) is 10.7. The van der Waals surface area contributed by atoms with Crippen molar-refractivity contribution < 1.29 is 0 Å². The number of para-hydroxylation sites is 3. The fourth-order valence-electron chi connectivity index (χ4n) is 7.89. The van der Waals surface area contributed by atoms with Crippen molar-refractivity contribution in [3.8, 4) is 17.2 Å². The van der Waals surface area contributed by atoms with E-state index in [9.17, 15) is 0 Å². The third kappa shape index (κ3) is 3.03. The molecule has 0 aliphatic carbocycles. The Labute approximate surface area is 262 Å². The average molecular weight is 585 g/mol. The van der Waals surface area contributed by atoms with Crippen molar-refractivity contribution in [2.24, 2.45) is 0 Å². The summed E-state index contributed by atoms with van der Waals surface area (Å²) < 4.78 is 4.76. The Balaban J connectivity index is 1.38. The molecule has 0 bridgehead atoms. The molecule has 212 valence electrons. The van der Waals surface area contributed by atoms with E-state index in [1.54, 1.807) is 0 Å². The second kappa shape index (κ2) is 8.68. The summed E-state index contributed by atoms with van der Waals surface area (Å²) in [5.41, 5.74) is 8.88. The van der Waals surface area contributed by atoms with Crippen molar-refractivity contribution in [2.75, 3.05) is 0 Å². The van der Waals surface area contributed by atoms with E-state index in [1.807, 2.05) is 6.07 Å². The van der Waals surface area contributed by atoms with Crippen LogP contribution in [0, 0.1) is 0 Å². The lowest BCUT2D eigenvalue weighted by atomic mass is 10.0. The van der Waals surface area contributed by atoms with Crippen LogP contribution in [-0.2, 0) is 0 Å². The highest BCUT2D eigenvalue weighted by Crippen LogP contribution is 2.47. The van der Waals surface area contributed by atoms with Crippen molar-refractivity contribution in [3.05, 3.63) is 146 Å². The molecule has 0 amide bonds. The molecule has 0 atom stereocenters. The molecule has 0 saturated carbocycles. The SMILES string of the molecule is c1ccc(-c2nc(-n3c4ccccc4c4c5c6ccccc6n6c7cc8ccccc8cc7c(cc43)c56)nc3ccccc23)cc1. The van der Waals surface area contributed by atoms with Crippen molar-refractivity contribution in [1.82, 2.24) is 18.9 Å². The molecular formula is C42H24N4. The Kier molecular flexibility index (Phi) is 4.55. The van der Waals surface area contributed by atoms with Crippen LogP contribution < -0.4 is 0 Å². The van der Waals surface area contributed by atoms with E-state index in [0.717, 1.165) is 33.2 Å². The first-order valence-corrected chi connectivity index (χ1v) is 15.7. The minimum Gasteiger partial charge on any atom is -0.308 e. The van der Waals surface area contributed by atoms with Crippen molar-refractivity contribution in [1.29, 1.82) is 0 Å². The standard InChI is InChI=1S/C42H24N4/c1-2-12-25(13-3-1)40-28-16-6-9-19-33(28)43-42(44-40)46-35-21-11-7-17-29(35)38-37(46)24-32-31-22-26-14-4-5-15-27(26)23-36(31)45-34-20-10-8-18-30(34)39(38)41(32)45/h1-24H. The van der Waals surface area contributed by atoms with Gasteiger partial charge in [-0.1, -0.05) is 109 Å². The molecule has 0 radical (unpaired) electrons. The molecule has 0 aliphatic heterocycles. The lowest BCUT2D eigenvalue weighted by Gasteiger charge is -2.12. The summed E-state index contributed by atoms with van der Waals surface area (Å²) in [4.78, 5) is 10.6. The van der Waals surface area contributed by atoms with Gasteiger partial charge in [0.25, 0.3) is 0 Å². The first-order chi connectivity index (χ1) is 22.8. The highest BCUT2D eigenvalue weighted by atomic mass is 15.2. The molecule has 0 saturated heterocycles. The van der Waals surface area contributed by atoms with Crippen LogP contribution in [0.1, 0.15) is 0 Å². The van der Waals surface area contributed by atoms with E-state index in [0.29, 0.717) is 5.95 Å². The molecule has 11 rings (SSSR count). The second-order valence-electron chi connectivity index (χ2n) is 12.2. The van der Waals surface area contributed by atoms with Crippen LogP contribution in [0.2, 0.25) is 0 Å². The highest BCUT2D eigenvalue weighted by Gasteiger charge is 2.25. The van der Waals surface area contributed by atoms with Gasteiger partial charge >= 0.3 is 0 Å². The zero-order valence-electron chi connectivity index (χ0n) is 24.6. The lowest BCUT2D eigenvalue weighted by molar-refractivity contribution is 1.01. The molecule has 4 aromatic heterocycles. The Morgan fingerprint density at radius 2 is 1.07 bits per heavy atom. The minimum absolute atomic E-state index is 0.677. The van der Waals surface area contributed by atoms with Gasteiger partial charge in [0.05, 0.1) is 38.8 Å². The Morgan fingerprint density at radius 3 is 1.89 bits per heavy atom. The van der Waals surface area contributed by atoms with Crippen LogP contribution in [0.4, 0.5) is 0 Å². The molecule has 7 aromatic carbocycles. The second-order valence-corrected chi connectivity index (χ2v) is 12.2. The van der Waals surface area contributed by atoms with Gasteiger partial charge < -0.3 is 4.40 Å². The van der Waals surface area contributed by atoms with Gasteiger partial charge in [0.2, 0.25) is 5.95 Å². The van der Waals surface area contributed by atoms with Crippen molar-refractivity contribution >= 4 is 81.6 Å². The third-order valence-corrected chi connectivity index (χ3v) is 9.81. The van der Waals surface area contributed by atoms with Gasteiger partial charge in [-0.25, -0.2) is 9.97 Å². The fourth-order valence-corrected chi connectivity index (χ4v) is 7.89. The Hall–Kier alpha value is -6.26. The molecule has 11 aromatic rings. The first-order valence-electron chi connectivity index (χ1n) is 15.7. The summed E-state index contributed by atoms with van der Waals surface area (Å²) in [7, 11) is 0. The molecule has 0 unspecified atom stereocenters. The first kappa shape index (κ1) is 24.1. The highest BCUT2D eigenvalue weighted by molar-refractivity contribution is 6.36. The van der Waals surface area contributed by atoms with Crippen LogP contribution >= 0.6 is 0 Å². The van der Waals surface area contributed by atoms with E-state index in [2.05, 4.69) is 148 Å². The molecule has 4 heterocycles. The average Bonchev–Trinajstić information content (AvgIpc) is 3.74. The van der Waals surface area contributed by atoms with Crippen LogP contribution in [0.5, 0.6) is 0 Å². The molecular weight excluding hydrogens is 560 g/mol. The van der Waals surface area contributed by atoms with Gasteiger partial charge in [-0.15, -0.1) is 0 Å². The number of rotatable bonds is 2. The van der Waals surface area contributed by atoms with Crippen LogP contribution in [0.3, 0.4) is 0 Å². The van der Waals surface area contributed by atoms with Gasteiger partial charge in [-0.3, -0.25) is 4.57 Å². The maximum Gasteiger partial charge on any atom is 0.235 e. The summed E-state index contributed by atoms with van der Waals surface area (Å²) in [5, 5.41) is 11.0. The molecule has 4 nitrogen and oxygen atoms in total. The van der Waals surface area contributed by atoms with Crippen molar-refractivity contribution in [2.45, 2.75) is 0 Å². The zero-order valence-corrected chi connectivity index (χ0v) is 24.6. The fraction of sp³-hybridized carbons (Fsp3) is 0. The Bertz CT molecular complexity index is 3020. The summed E-state index contributed by atoms with van der Waals surface area (Å²) in [5.74, 6) is 0.677. The van der Waals surface area contributed by atoms with Crippen LogP contribution in [0.25, 0.3) is 98.8 Å². The number of hydrogen-bond acceptors (Lipinski definition) is 2. The number of fused-ring (bicyclic) bond motifs is 12. The lowest BCUT2D eigenvalue weighted by Crippen LogP contribution is -2.03. The predicted molar refractivity (Wildman–Crippen MR) is 191 cm³/mol. The quantitative estimate of drug-likeness (QED) is 0.203. The summed E-state index contributed by atoms with van der Waals surface area (Å²) in [6.45, 7) is 0. The normalized spacial score (nSPS) is 12.3. The van der Waals surface area contributed by atoms with Gasteiger partial charge in [-0.2, -0.15) is 0 Å². The van der Waals surface area contributed by atoms with E-state index < -0.39 is 0 Å². The monoisotopic (exact) mass is 584 g/mol. The summed E-state index contributed by atoms with van der Waals surface area (Å²) in [6, 6.07) is 52.1. The van der Waals surface area contributed by atoms with Crippen LogP contribution in [-0.4, -0.2) is 18.9 Å².